The number of anilines is 3. The van der Waals surface area contributed by atoms with Crippen LogP contribution in [-0.2, 0) is 4.79 Å². The summed E-state index contributed by atoms with van der Waals surface area (Å²) in [6.07, 6.45) is 5.78. The molecule has 1 unspecified atom stereocenters. The minimum absolute atomic E-state index is 0.00234. The Balaban J connectivity index is 1.51. The largest absolute Gasteiger partial charge is 0.486 e. The van der Waals surface area contributed by atoms with E-state index < -0.39 is 12.4 Å². The number of amides is 1. The first-order valence-electron chi connectivity index (χ1n) is 13.7. The number of nitrogens with zero attached hydrogens (tertiary/aromatic N) is 4. The van der Waals surface area contributed by atoms with Crippen LogP contribution in [-0.4, -0.2) is 62.7 Å². The molecular weight excluding hydrogens is 525 g/mol. The Hall–Kier alpha value is -3.28. The third kappa shape index (κ3) is 7.26. The molecule has 2 aromatic rings. The molecule has 9 nitrogen and oxygen atoms in total. The van der Waals surface area contributed by atoms with Gasteiger partial charge in [-0.05, 0) is 71.9 Å². The number of benzene rings is 1. The molecule has 2 fully saturated rings. The highest BCUT2D eigenvalue weighted by Gasteiger charge is 2.42. The number of halogens is 3. The van der Waals surface area contributed by atoms with E-state index in [-0.39, 0.29) is 46.4 Å². The van der Waals surface area contributed by atoms with Gasteiger partial charge >= 0.3 is 6.61 Å². The molecule has 3 heterocycles. The van der Waals surface area contributed by atoms with E-state index in [9.17, 15) is 18.0 Å². The maximum Gasteiger partial charge on any atom is 0.387 e. The van der Waals surface area contributed by atoms with Crippen LogP contribution in [0.4, 0.5) is 30.6 Å². The molecule has 2 N–H and O–H groups in total. The van der Waals surface area contributed by atoms with E-state index in [4.69, 9.17) is 9.47 Å². The first-order chi connectivity index (χ1) is 18.8. The van der Waals surface area contributed by atoms with Crippen LogP contribution >= 0.6 is 0 Å². The van der Waals surface area contributed by atoms with Crippen molar-refractivity contribution in [2.75, 3.05) is 23.8 Å². The summed E-state index contributed by atoms with van der Waals surface area (Å²) in [6.45, 7) is 8.04. The highest BCUT2D eigenvalue weighted by atomic mass is 19.3. The summed E-state index contributed by atoms with van der Waals surface area (Å²) in [5, 5.41) is 4.98. The molecule has 2 aliphatic heterocycles. The van der Waals surface area contributed by atoms with Crippen LogP contribution in [0.2, 0.25) is 0 Å². The minimum atomic E-state index is -3.06. The van der Waals surface area contributed by atoms with Gasteiger partial charge in [0.15, 0.2) is 23.1 Å². The average Bonchev–Trinajstić information content (AvgIpc) is 3.10. The zero-order chi connectivity index (χ0) is 29.1. The number of carbonyl (C=O) groups excluding carboxylic acids is 1. The first kappa shape index (κ1) is 29.7. The number of hydrogen-bond donors (Lipinski definition) is 2. The Bertz CT molecular complexity index is 1180. The number of hydrazine groups is 1. The predicted octanol–water partition coefficient (Wildman–Crippen LogP) is 6.11. The van der Waals surface area contributed by atoms with Gasteiger partial charge in [0, 0.05) is 49.3 Å². The number of hydrogen-bond acceptors (Lipinski definition) is 8. The maximum atomic E-state index is 14.8. The highest BCUT2D eigenvalue weighted by Crippen LogP contribution is 2.39. The zero-order valence-corrected chi connectivity index (χ0v) is 23.8. The molecular formula is C28H39F3N6O3. The van der Waals surface area contributed by atoms with Crippen LogP contribution < -0.4 is 20.2 Å². The van der Waals surface area contributed by atoms with Crippen molar-refractivity contribution < 1.29 is 27.4 Å². The molecule has 1 aromatic heterocycles. The van der Waals surface area contributed by atoms with Crippen molar-refractivity contribution in [1.82, 2.24) is 19.9 Å². The normalized spacial score (nSPS) is 21.0. The molecule has 12 heteroatoms. The SMILES string of the molecule is CC(=O)N1CCCC(Oc2ccc(Nc3ncc(F)c(NN4C(C)(C)CCCC4(C)C)n3)cc2OC(F)F)CC1. The van der Waals surface area contributed by atoms with Gasteiger partial charge in [-0.15, -0.1) is 0 Å². The maximum absolute atomic E-state index is 14.8. The van der Waals surface area contributed by atoms with E-state index in [1.54, 1.807) is 11.0 Å². The highest BCUT2D eigenvalue weighted by molar-refractivity contribution is 5.73. The van der Waals surface area contributed by atoms with Gasteiger partial charge in [0.2, 0.25) is 11.9 Å². The summed E-state index contributed by atoms with van der Waals surface area (Å²) in [5.41, 5.74) is 3.06. The fourth-order valence-electron chi connectivity index (χ4n) is 5.59. The van der Waals surface area contributed by atoms with Crippen LogP contribution in [0.3, 0.4) is 0 Å². The fourth-order valence-corrected chi connectivity index (χ4v) is 5.59. The standard InChI is InChI=1S/C28H39F3N6O3/c1-18(38)36-14-6-8-20(11-15-36)39-22-10-9-19(16-23(22)40-25(30)31)33-26-32-17-21(29)24(34-26)35-37-27(2,3)12-7-13-28(37,4)5/h9-10,16-17,20,25H,6-8,11-15H2,1-5H3,(H2,32,33,34,35). The van der Waals surface area contributed by atoms with Crippen LogP contribution in [0.1, 0.15) is 73.1 Å². The first-order valence-corrected chi connectivity index (χ1v) is 13.7. The monoisotopic (exact) mass is 564 g/mol. The average molecular weight is 565 g/mol. The second-order valence-electron chi connectivity index (χ2n) is 11.7. The Morgan fingerprint density at radius 3 is 2.48 bits per heavy atom. The van der Waals surface area contributed by atoms with Crippen molar-refractivity contribution in [3.63, 3.8) is 0 Å². The summed E-state index contributed by atoms with van der Waals surface area (Å²) >= 11 is 0. The van der Waals surface area contributed by atoms with Crippen LogP contribution in [0.25, 0.3) is 0 Å². The van der Waals surface area contributed by atoms with Gasteiger partial charge in [-0.25, -0.2) is 14.4 Å². The lowest BCUT2D eigenvalue weighted by atomic mass is 9.81. The Labute approximate surface area is 233 Å². The molecule has 0 aliphatic carbocycles. The van der Waals surface area contributed by atoms with Gasteiger partial charge in [0.25, 0.3) is 0 Å². The van der Waals surface area contributed by atoms with Gasteiger partial charge in [-0.2, -0.15) is 13.8 Å². The molecule has 1 atom stereocenters. The van der Waals surface area contributed by atoms with Gasteiger partial charge in [-0.3, -0.25) is 10.2 Å². The summed E-state index contributed by atoms with van der Waals surface area (Å²) in [6, 6.07) is 4.54. The van der Waals surface area contributed by atoms with Crippen molar-refractivity contribution in [1.29, 1.82) is 0 Å². The Morgan fingerprint density at radius 2 is 1.80 bits per heavy atom. The Kier molecular flexibility index (Phi) is 8.96. The Morgan fingerprint density at radius 1 is 1.07 bits per heavy atom. The van der Waals surface area contributed by atoms with E-state index in [2.05, 4.69) is 48.4 Å². The number of nitrogens with one attached hydrogen (secondary N) is 2. The summed E-state index contributed by atoms with van der Waals surface area (Å²) < 4.78 is 52.1. The lowest BCUT2D eigenvalue weighted by Crippen LogP contribution is -2.61. The number of aromatic nitrogens is 2. The summed E-state index contributed by atoms with van der Waals surface area (Å²) in [7, 11) is 0. The van der Waals surface area contributed by atoms with E-state index in [0.717, 1.165) is 31.9 Å². The van der Waals surface area contributed by atoms with E-state index in [1.807, 2.05) is 5.01 Å². The third-order valence-corrected chi connectivity index (χ3v) is 7.58. The molecule has 0 radical (unpaired) electrons. The van der Waals surface area contributed by atoms with Crippen molar-refractivity contribution >= 4 is 23.4 Å². The van der Waals surface area contributed by atoms with Crippen molar-refractivity contribution in [2.45, 2.75) is 96.9 Å². The molecule has 40 heavy (non-hydrogen) atoms. The molecule has 0 bridgehead atoms. The smallest absolute Gasteiger partial charge is 0.387 e. The summed E-state index contributed by atoms with van der Waals surface area (Å²) in [5.74, 6) is -0.490. The van der Waals surface area contributed by atoms with Gasteiger partial charge in [0.1, 0.15) is 6.10 Å². The lowest BCUT2D eigenvalue weighted by Gasteiger charge is -2.52. The quantitative estimate of drug-likeness (QED) is 0.397. The van der Waals surface area contributed by atoms with Crippen LogP contribution in [0.5, 0.6) is 11.5 Å². The van der Waals surface area contributed by atoms with Crippen LogP contribution in [0, 0.1) is 5.82 Å². The second-order valence-corrected chi connectivity index (χ2v) is 11.7. The van der Waals surface area contributed by atoms with E-state index in [1.165, 1.54) is 19.1 Å². The molecule has 2 saturated heterocycles. The van der Waals surface area contributed by atoms with Gasteiger partial charge in [0.05, 0.1) is 6.20 Å². The molecule has 220 valence electrons. The van der Waals surface area contributed by atoms with Crippen molar-refractivity contribution in [2.24, 2.45) is 0 Å². The molecule has 0 saturated carbocycles. The molecule has 1 amide bonds. The molecule has 2 aliphatic rings. The second kappa shape index (κ2) is 12.1. The molecule has 4 rings (SSSR count). The number of likely N-dealkylation sites (tertiary alicyclic amines) is 1. The molecule has 1 aromatic carbocycles. The number of carbonyl (C=O) groups is 1. The fraction of sp³-hybridized carbons (Fsp3) is 0.607. The third-order valence-electron chi connectivity index (χ3n) is 7.58. The number of rotatable bonds is 8. The predicted molar refractivity (Wildman–Crippen MR) is 146 cm³/mol. The topological polar surface area (TPSA) is 91.8 Å². The molecule has 0 spiro atoms. The number of ether oxygens (including phenoxy) is 2. The van der Waals surface area contributed by atoms with Crippen molar-refractivity contribution in [3.8, 4) is 11.5 Å². The van der Waals surface area contributed by atoms with E-state index >= 15 is 0 Å². The zero-order valence-electron chi connectivity index (χ0n) is 23.8. The summed E-state index contributed by atoms with van der Waals surface area (Å²) in [4.78, 5) is 21.8. The minimum Gasteiger partial charge on any atom is -0.486 e. The van der Waals surface area contributed by atoms with Gasteiger partial charge < -0.3 is 19.7 Å². The van der Waals surface area contributed by atoms with Gasteiger partial charge in [-0.1, -0.05) is 0 Å². The number of piperidine rings is 1. The van der Waals surface area contributed by atoms with Crippen molar-refractivity contribution in [3.05, 3.63) is 30.2 Å². The van der Waals surface area contributed by atoms with E-state index in [0.29, 0.717) is 31.6 Å². The number of alkyl halides is 2. The lowest BCUT2D eigenvalue weighted by molar-refractivity contribution is -0.128. The van der Waals surface area contributed by atoms with Crippen LogP contribution in [0.15, 0.2) is 24.4 Å².